The largest absolute Gasteiger partial charge is 0.345 e. The first-order chi connectivity index (χ1) is 15.6. The molecule has 0 unspecified atom stereocenters. The molecule has 2 N–H and O–H groups in total. The van der Waals surface area contributed by atoms with Crippen molar-refractivity contribution in [3.8, 4) is 0 Å². The number of hydrogen-bond acceptors (Lipinski definition) is 4. The fourth-order valence-corrected chi connectivity index (χ4v) is 4.80. The number of urea groups is 1. The van der Waals surface area contributed by atoms with Crippen LogP contribution in [-0.2, 0) is 20.9 Å². The molecule has 8 heteroatoms. The monoisotopic (exact) mass is 456 g/mol. The van der Waals surface area contributed by atoms with Crippen molar-refractivity contribution in [2.24, 2.45) is 11.3 Å². The van der Waals surface area contributed by atoms with Gasteiger partial charge in [-0.25, -0.2) is 4.79 Å². The molecule has 1 aliphatic heterocycles. The molecule has 0 aromatic heterocycles. The van der Waals surface area contributed by atoms with Crippen LogP contribution in [-0.4, -0.2) is 58.7 Å². The van der Waals surface area contributed by atoms with Crippen molar-refractivity contribution >= 4 is 23.8 Å². The van der Waals surface area contributed by atoms with Crippen molar-refractivity contribution < 1.29 is 19.2 Å². The van der Waals surface area contributed by atoms with Gasteiger partial charge in [-0.1, -0.05) is 51.1 Å². The Bertz CT molecular complexity index is 885. The molecule has 8 nitrogen and oxygen atoms in total. The minimum atomic E-state index is -0.899. The fraction of sp³-hybridized carbons (Fsp3) is 0.600. The van der Waals surface area contributed by atoms with Gasteiger partial charge in [-0.05, 0) is 49.5 Å². The second-order valence-electron chi connectivity index (χ2n) is 10.2. The summed E-state index contributed by atoms with van der Waals surface area (Å²) in [6.07, 6.45) is 2.89. The van der Waals surface area contributed by atoms with Crippen LogP contribution < -0.4 is 10.6 Å². The maximum absolute atomic E-state index is 13.1. The van der Waals surface area contributed by atoms with Crippen molar-refractivity contribution in [1.82, 2.24) is 20.4 Å². The third-order valence-electron chi connectivity index (χ3n) is 7.00. The maximum Gasteiger partial charge on any atom is 0.325 e. The number of carbonyl (C=O) groups is 4. The number of amides is 5. The van der Waals surface area contributed by atoms with Crippen molar-refractivity contribution in [3.63, 3.8) is 0 Å². The van der Waals surface area contributed by atoms with Gasteiger partial charge in [0.1, 0.15) is 12.1 Å². The molecule has 0 atom stereocenters. The van der Waals surface area contributed by atoms with Crippen LogP contribution in [0.2, 0.25) is 0 Å². The number of carbonyl (C=O) groups excluding carboxylic acids is 4. The summed E-state index contributed by atoms with van der Waals surface area (Å²) in [6, 6.07) is 9.09. The Balaban J connectivity index is 1.51. The summed E-state index contributed by atoms with van der Waals surface area (Å²) in [5, 5.41) is 5.41. The molecule has 1 aliphatic carbocycles. The lowest BCUT2D eigenvalue weighted by molar-refractivity contribution is -0.137. The molecule has 3 rings (SSSR count). The van der Waals surface area contributed by atoms with Gasteiger partial charge in [0.2, 0.25) is 11.8 Å². The summed E-state index contributed by atoms with van der Waals surface area (Å²) >= 11 is 0. The summed E-state index contributed by atoms with van der Waals surface area (Å²) in [7, 11) is 0. The van der Waals surface area contributed by atoms with Gasteiger partial charge >= 0.3 is 6.03 Å². The van der Waals surface area contributed by atoms with Crippen LogP contribution in [0.3, 0.4) is 0 Å². The van der Waals surface area contributed by atoms with E-state index in [-0.39, 0.29) is 30.3 Å². The standard InChI is InChI=1S/C25H36N4O4/c1-5-28(16-18-9-7-6-8-10-18)21(31)15-26-20(30)17-29-22(32)25(27-23(29)33)13-11-19(12-14-25)24(2,3)4/h6-10,19H,5,11-17H2,1-4H3,(H,26,30)(H,27,33). The van der Waals surface area contributed by atoms with Crippen molar-refractivity contribution in [1.29, 1.82) is 0 Å². The number of imide groups is 1. The van der Waals surface area contributed by atoms with Gasteiger partial charge in [-0.15, -0.1) is 0 Å². The average Bonchev–Trinajstić information content (AvgIpc) is 3.00. The molecule has 2 aliphatic rings. The number of rotatable bonds is 7. The fourth-order valence-electron chi connectivity index (χ4n) is 4.80. The first kappa shape index (κ1) is 24.7. The van der Waals surface area contributed by atoms with Crippen molar-refractivity contribution in [2.45, 2.75) is 65.5 Å². The normalized spacial score (nSPS) is 22.9. The Morgan fingerprint density at radius 1 is 1.15 bits per heavy atom. The molecule has 1 heterocycles. The van der Waals surface area contributed by atoms with Gasteiger partial charge in [0.25, 0.3) is 5.91 Å². The number of benzene rings is 1. The van der Waals surface area contributed by atoms with E-state index < -0.39 is 17.5 Å². The highest BCUT2D eigenvalue weighted by Gasteiger charge is 2.53. The zero-order valence-corrected chi connectivity index (χ0v) is 20.1. The summed E-state index contributed by atoms with van der Waals surface area (Å²) in [6.45, 7) is 8.87. The van der Waals surface area contributed by atoms with Crippen molar-refractivity contribution in [2.75, 3.05) is 19.6 Å². The van der Waals surface area contributed by atoms with Crippen LogP contribution in [0.15, 0.2) is 30.3 Å². The smallest absolute Gasteiger partial charge is 0.325 e. The van der Waals surface area contributed by atoms with E-state index in [0.717, 1.165) is 23.3 Å². The van der Waals surface area contributed by atoms with E-state index >= 15 is 0 Å². The second-order valence-corrected chi connectivity index (χ2v) is 10.2. The molecule has 5 amide bonds. The summed E-state index contributed by atoms with van der Waals surface area (Å²) < 4.78 is 0. The number of likely N-dealkylation sites (N-methyl/N-ethyl adjacent to an activating group) is 1. The van der Waals surface area contributed by atoms with Crippen LogP contribution >= 0.6 is 0 Å². The lowest BCUT2D eigenvalue weighted by Crippen LogP contribution is -2.51. The van der Waals surface area contributed by atoms with Gasteiger partial charge in [-0.3, -0.25) is 19.3 Å². The van der Waals surface area contributed by atoms with Gasteiger partial charge in [-0.2, -0.15) is 0 Å². The molecule has 1 saturated heterocycles. The van der Waals surface area contributed by atoms with Gasteiger partial charge < -0.3 is 15.5 Å². The lowest BCUT2D eigenvalue weighted by Gasteiger charge is -2.40. The first-order valence-electron chi connectivity index (χ1n) is 11.8. The Hall–Kier alpha value is -2.90. The molecule has 180 valence electrons. The van der Waals surface area contributed by atoms with E-state index in [2.05, 4.69) is 31.4 Å². The Morgan fingerprint density at radius 3 is 2.36 bits per heavy atom. The minimum Gasteiger partial charge on any atom is -0.345 e. The molecular weight excluding hydrogens is 420 g/mol. The molecule has 2 fully saturated rings. The quantitative estimate of drug-likeness (QED) is 0.616. The Kier molecular flexibility index (Phi) is 7.44. The molecule has 1 spiro atoms. The van der Waals surface area contributed by atoms with Crippen LogP contribution in [0.25, 0.3) is 0 Å². The van der Waals surface area contributed by atoms with E-state index in [1.54, 1.807) is 4.90 Å². The van der Waals surface area contributed by atoms with E-state index in [1.165, 1.54) is 0 Å². The van der Waals surface area contributed by atoms with E-state index in [0.29, 0.717) is 31.8 Å². The van der Waals surface area contributed by atoms with Crippen LogP contribution in [0.5, 0.6) is 0 Å². The zero-order chi connectivity index (χ0) is 24.2. The molecule has 0 radical (unpaired) electrons. The number of hydrogen-bond donors (Lipinski definition) is 2. The Labute approximate surface area is 196 Å². The topological polar surface area (TPSA) is 98.8 Å². The van der Waals surface area contributed by atoms with Crippen LogP contribution in [0.1, 0.15) is 58.9 Å². The molecular formula is C25H36N4O4. The molecule has 1 aromatic carbocycles. The predicted octanol–water partition coefficient (Wildman–Crippen LogP) is 2.68. The SMILES string of the molecule is CCN(Cc1ccccc1)C(=O)CNC(=O)CN1C(=O)NC2(CCC(C(C)(C)C)CC2)C1=O. The highest BCUT2D eigenvalue weighted by molar-refractivity contribution is 6.09. The lowest BCUT2D eigenvalue weighted by atomic mass is 9.67. The third-order valence-corrected chi connectivity index (χ3v) is 7.00. The summed E-state index contributed by atoms with van der Waals surface area (Å²) in [5.74, 6) is -0.582. The Morgan fingerprint density at radius 2 is 1.79 bits per heavy atom. The molecule has 0 bridgehead atoms. The van der Waals surface area contributed by atoms with Crippen LogP contribution in [0, 0.1) is 11.3 Å². The zero-order valence-electron chi connectivity index (χ0n) is 20.1. The summed E-state index contributed by atoms with van der Waals surface area (Å²) in [5.41, 5.74) is 0.264. The average molecular weight is 457 g/mol. The molecule has 1 saturated carbocycles. The molecule has 33 heavy (non-hydrogen) atoms. The molecule has 1 aromatic rings. The summed E-state index contributed by atoms with van der Waals surface area (Å²) in [4.78, 5) is 53.2. The van der Waals surface area contributed by atoms with Gasteiger partial charge in [0.05, 0.1) is 6.54 Å². The van der Waals surface area contributed by atoms with E-state index in [9.17, 15) is 19.2 Å². The number of nitrogens with zero attached hydrogens (tertiary/aromatic N) is 2. The minimum absolute atomic E-state index is 0.159. The third kappa shape index (κ3) is 5.72. The highest BCUT2D eigenvalue weighted by Crippen LogP contribution is 2.43. The van der Waals surface area contributed by atoms with Gasteiger partial charge in [0, 0.05) is 13.1 Å². The van der Waals surface area contributed by atoms with Crippen LogP contribution in [0.4, 0.5) is 4.79 Å². The first-order valence-corrected chi connectivity index (χ1v) is 11.8. The van der Waals surface area contributed by atoms with E-state index in [4.69, 9.17) is 0 Å². The van der Waals surface area contributed by atoms with E-state index in [1.807, 2.05) is 37.3 Å². The number of nitrogens with one attached hydrogen (secondary N) is 2. The maximum atomic E-state index is 13.1. The highest BCUT2D eigenvalue weighted by atomic mass is 16.2. The van der Waals surface area contributed by atoms with Crippen molar-refractivity contribution in [3.05, 3.63) is 35.9 Å². The second kappa shape index (κ2) is 9.93. The van der Waals surface area contributed by atoms with Gasteiger partial charge in [0.15, 0.2) is 0 Å². The predicted molar refractivity (Wildman–Crippen MR) is 125 cm³/mol.